The van der Waals surface area contributed by atoms with Crippen molar-refractivity contribution < 1.29 is 8.42 Å². The summed E-state index contributed by atoms with van der Waals surface area (Å²) in [4.78, 5) is 0. The molecule has 3 unspecified atom stereocenters. The van der Waals surface area contributed by atoms with E-state index in [-0.39, 0.29) is 17.3 Å². The second kappa shape index (κ2) is 6.72. The van der Waals surface area contributed by atoms with Crippen LogP contribution < -0.4 is 5.32 Å². The highest BCUT2D eigenvalue weighted by molar-refractivity contribution is 7.91. The fourth-order valence-electron chi connectivity index (χ4n) is 3.21. The Kier molecular flexibility index (Phi) is 5.22. The van der Waals surface area contributed by atoms with Gasteiger partial charge >= 0.3 is 0 Å². The largest absolute Gasteiger partial charge is 0.306 e. The maximum absolute atomic E-state index is 11.9. The zero-order valence-electron chi connectivity index (χ0n) is 12.4. The van der Waals surface area contributed by atoms with Gasteiger partial charge in [-0.3, -0.25) is 0 Å². The van der Waals surface area contributed by atoms with Gasteiger partial charge in [-0.1, -0.05) is 50.1 Å². The molecule has 1 aliphatic rings. The van der Waals surface area contributed by atoms with E-state index < -0.39 is 9.84 Å². The molecule has 1 aromatic carbocycles. The van der Waals surface area contributed by atoms with Crippen molar-refractivity contribution in [1.29, 1.82) is 0 Å². The maximum Gasteiger partial charge on any atom is 0.151 e. The predicted molar refractivity (Wildman–Crippen MR) is 83.5 cm³/mol. The molecule has 1 aliphatic carbocycles. The van der Waals surface area contributed by atoms with Gasteiger partial charge in [-0.15, -0.1) is 0 Å². The van der Waals surface area contributed by atoms with Crippen molar-refractivity contribution in [3.8, 4) is 0 Å². The maximum atomic E-state index is 11.9. The number of rotatable bonds is 6. The fraction of sp³-hybridized carbons (Fsp3) is 0.625. The third-order valence-corrected chi connectivity index (χ3v) is 5.86. The van der Waals surface area contributed by atoms with Crippen LogP contribution in [0.4, 0.5) is 0 Å². The number of hydrogen-bond donors (Lipinski definition) is 1. The highest BCUT2D eigenvalue weighted by atomic mass is 32.2. The van der Waals surface area contributed by atoms with E-state index in [0.717, 1.165) is 32.1 Å². The van der Waals surface area contributed by atoms with E-state index in [1.807, 2.05) is 18.2 Å². The van der Waals surface area contributed by atoms with Gasteiger partial charge in [0.05, 0.1) is 5.25 Å². The summed E-state index contributed by atoms with van der Waals surface area (Å²) in [6.07, 6.45) is 6.26. The SMILES string of the molecule is CCCC(NC1CCCC1S(C)(=O)=O)c1ccccc1. The van der Waals surface area contributed by atoms with Crippen LogP contribution in [0.3, 0.4) is 0 Å². The molecule has 0 aliphatic heterocycles. The molecule has 0 heterocycles. The van der Waals surface area contributed by atoms with Crippen molar-refractivity contribution in [3.05, 3.63) is 35.9 Å². The highest BCUT2D eigenvalue weighted by Crippen LogP contribution is 2.28. The van der Waals surface area contributed by atoms with Crippen LogP contribution >= 0.6 is 0 Å². The minimum atomic E-state index is -2.96. The standard InChI is InChI=1S/C16H25NO2S/c1-3-8-14(13-9-5-4-6-10-13)17-15-11-7-12-16(15)20(2,18)19/h4-6,9-10,14-17H,3,7-8,11-12H2,1-2H3. The number of nitrogens with one attached hydrogen (secondary N) is 1. The first-order valence-corrected chi connectivity index (χ1v) is 9.47. The van der Waals surface area contributed by atoms with E-state index in [9.17, 15) is 8.42 Å². The van der Waals surface area contributed by atoms with Crippen LogP contribution in [0.15, 0.2) is 30.3 Å². The summed E-state index contributed by atoms with van der Waals surface area (Å²) in [6.45, 7) is 2.17. The Labute approximate surface area is 122 Å². The molecule has 1 saturated carbocycles. The molecule has 20 heavy (non-hydrogen) atoms. The number of benzene rings is 1. The van der Waals surface area contributed by atoms with E-state index in [1.165, 1.54) is 11.8 Å². The molecule has 1 N–H and O–H groups in total. The highest BCUT2D eigenvalue weighted by Gasteiger charge is 2.35. The summed E-state index contributed by atoms with van der Waals surface area (Å²) in [5.74, 6) is 0. The molecular weight excluding hydrogens is 270 g/mol. The van der Waals surface area contributed by atoms with E-state index in [4.69, 9.17) is 0 Å². The van der Waals surface area contributed by atoms with Crippen LogP contribution in [0.1, 0.15) is 50.6 Å². The van der Waals surface area contributed by atoms with E-state index >= 15 is 0 Å². The second-order valence-corrected chi connectivity index (χ2v) is 8.09. The summed E-state index contributed by atoms with van der Waals surface area (Å²) in [5.41, 5.74) is 1.26. The summed E-state index contributed by atoms with van der Waals surface area (Å²) in [5, 5.41) is 3.39. The van der Waals surface area contributed by atoms with Crippen LogP contribution in [0.25, 0.3) is 0 Å². The monoisotopic (exact) mass is 295 g/mol. The molecule has 0 amide bonds. The molecule has 0 saturated heterocycles. The van der Waals surface area contributed by atoms with Gasteiger partial charge in [0, 0.05) is 18.3 Å². The minimum absolute atomic E-state index is 0.0988. The Morgan fingerprint density at radius 1 is 1.25 bits per heavy atom. The third-order valence-electron chi connectivity index (χ3n) is 4.20. The molecule has 2 rings (SSSR count). The van der Waals surface area contributed by atoms with Crippen LogP contribution in [-0.2, 0) is 9.84 Å². The number of hydrogen-bond acceptors (Lipinski definition) is 3. The second-order valence-electron chi connectivity index (χ2n) is 5.82. The van der Waals surface area contributed by atoms with Gasteiger partial charge in [-0.05, 0) is 24.8 Å². The Morgan fingerprint density at radius 2 is 1.95 bits per heavy atom. The van der Waals surface area contributed by atoms with Gasteiger partial charge in [0.15, 0.2) is 9.84 Å². The first kappa shape index (κ1) is 15.5. The smallest absolute Gasteiger partial charge is 0.151 e. The first-order valence-electron chi connectivity index (χ1n) is 7.52. The van der Waals surface area contributed by atoms with Crippen LogP contribution in [0, 0.1) is 0 Å². The van der Waals surface area contributed by atoms with Crippen LogP contribution in [-0.4, -0.2) is 26.0 Å². The zero-order chi connectivity index (χ0) is 14.6. The van der Waals surface area contributed by atoms with Gasteiger partial charge < -0.3 is 5.32 Å². The first-order chi connectivity index (χ1) is 9.52. The molecule has 1 fully saturated rings. The summed E-state index contributed by atoms with van der Waals surface area (Å²) < 4.78 is 23.8. The van der Waals surface area contributed by atoms with Crippen LogP contribution in [0.5, 0.6) is 0 Å². The zero-order valence-corrected chi connectivity index (χ0v) is 13.2. The lowest BCUT2D eigenvalue weighted by Gasteiger charge is -2.26. The summed E-state index contributed by atoms with van der Waals surface area (Å²) in [6, 6.07) is 10.7. The third kappa shape index (κ3) is 3.83. The number of sulfone groups is 1. The van der Waals surface area contributed by atoms with Gasteiger partial charge in [0.1, 0.15) is 0 Å². The molecule has 1 aromatic rings. The van der Waals surface area contributed by atoms with Crippen molar-refractivity contribution >= 4 is 9.84 Å². The molecule has 112 valence electrons. The predicted octanol–water partition coefficient (Wildman–Crippen LogP) is 3.08. The topological polar surface area (TPSA) is 46.2 Å². The molecule has 0 aromatic heterocycles. The minimum Gasteiger partial charge on any atom is -0.306 e. The van der Waals surface area contributed by atoms with Crippen LogP contribution in [0.2, 0.25) is 0 Å². The van der Waals surface area contributed by atoms with Gasteiger partial charge in [-0.25, -0.2) is 8.42 Å². The van der Waals surface area contributed by atoms with E-state index in [2.05, 4.69) is 24.4 Å². The quantitative estimate of drug-likeness (QED) is 0.877. The average molecular weight is 295 g/mol. The Morgan fingerprint density at radius 3 is 2.55 bits per heavy atom. The van der Waals surface area contributed by atoms with Crippen molar-refractivity contribution in [2.75, 3.05) is 6.26 Å². The lowest BCUT2D eigenvalue weighted by molar-refractivity contribution is 0.415. The van der Waals surface area contributed by atoms with Gasteiger partial charge in [0.25, 0.3) is 0 Å². The lowest BCUT2D eigenvalue weighted by atomic mass is 10.0. The van der Waals surface area contributed by atoms with Crippen molar-refractivity contribution in [2.24, 2.45) is 0 Å². The molecule has 0 spiro atoms. The van der Waals surface area contributed by atoms with E-state index in [1.54, 1.807) is 0 Å². The van der Waals surface area contributed by atoms with Crippen molar-refractivity contribution in [2.45, 2.75) is 56.4 Å². The average Bonchev–Trinajstić information content (AvgIpc) is 2.87. The molecule has 4 heteroatoms. The Bertz CT molecular complexity index is 513. The van der Waals surface area contributed by atoms with E-state index in [0.29, 0.717) is 0 Å². The van der Waals surface area contributed by atoms with Gasteiger partial charge in [0.2, 0.25) is 0 Å². The Hall–Kier alpha value is -0.870. The fourth-order valence-corrected chi connectivity index (χ4v) is 4.61. The molecular formula is C16H25NO2S. The molecule has 3 nitrogen and oxygen atoms in total. The van der Waals surface area contributed by atoms with Crippen molar-refractivity contribution in [3.63, 3.8) is 0 Å². The summed E-state index contributed by atoms with van der Waals surface area (Å²) >= 11 is 0. The van der Waals surface area contributed by atoms with Gasteiger partial charge in [-0.2, -0.15) is 0 Å². The normalized spacial score (nSPS) is 24.7. The van der Waals surface area contributed by atoms with Crippen molar-refractivity contribution in [1.82, 2.24) is 5.32 Å². The summed E-state index contributed by atoms with van der Waals surface area (Å²) in [7, 11) is -2.96. The molecule has 0 radical (unpaired) electrons. The molecule has 3 atom stereocenters. The lowest BCUT2D eigenvalue weighted by Crippen LogP contribution is -2.41. The Balaban J connectivity index is 2.12. The molecule has 0 bridgehead atoms.